The minimum atomic E-state index is -4.98. The van der Waals surface area contributed by atoms with Crippen LogP contribution in [0.5, 0.6) is 5.75 Å². The van der Waals surface area contributed by atoms with Crippen molar-refractivity contribution in [2.24, 2.45) is 0 Å². The van der Waals surface area contributed by atoms with Gasteiger partial charge in [-0.1, -0.05) is 11.6 Å². The first-order valence-electron chi connectivity index (χ1n) is 12.2. The quantitative estimate of drug-likeness (QED) is 0.265. The summed E-state index contributed by atoms with van der Waals surface area (Å²) in [5.74, 6) is -6.43. The first-order valence-corrected chi connectivity index (χ1v) is 12.5. The van der Waals surface area contributed by atoms with Gasteiger partial charge in [0.05, 0.1) is 19.4 Å². The summed E-state index contributed by atoms with van der Waals surface area (Å²) in [5, 5.41) is 5.37. The molecule has 218 valence electrons. The fourth-order valence-corrected chi connectivity index (χ4v) is 4.70. The van der Waals surface area contributed by atoms with E-state index in [1.54, 1.807) is 0 Å². The Bertz CT molecular complexity index is 1420. The highest BCUT2D eigenvalue weighted by Gasteiger charge is 2.49. The SMILES string of the molecule is COCCNc1ccnc(N2C[C@@H](c3c(F)cc(OC)cc3F)[C@H](NC(=O)c3ccc(Cl)cc3)C2=O)c1C(F)(F)F. The number of halogens is 6. The van der Waals surface area contributed by atoms with Crippen molar-refractivity contribution in [1.29, 1.82) is 0 Å². The summed E-state index contributed by atoms with van der Waals surface area (Å²) >= 11 is 5.87. The normalized spacial score (nSPS) is 17.1. The Morgan fingerprint density at radius 3 is 2.37 bits per heavy atom. The van der Waals surface area contributed by atoms with Crippen LogP contribution in [0.1, 0.15) is 27.4 Å². The van der Waals surface area contributed by atoms with E-state index < -0.39 is 65.1 Å². The maximum absolute atomic E-state index is 15.2. The predicted molar refractivity (Wildman–Crippen MR) is 140 cm³/mol. The Balaban J connectivity index is 1.80. The Labute approximate surface area is 236 Å². The predicted octanol–water partition coefficient (Wildman–Crippen LogP) is 5.03. The third-order valence-electron chi connectivity index (χ3n) is 6.46. The van der Waals surface area contributed by atoms with Crippen molar-refractivity contribution in [2.45, 2.75) is 18.1 Å². The molecule has 0 unspecified atom stereocenters. The van der Waals surface area contributed by atoms with E-state index in [4.69, 9.17) is 21.1 Å². The number of carbonyl (C=O) groups excluding carboxylic acids is 2. The molecule has 1 aliphatic rings. The molecule has 2 amide bonds. The second kappa shape index (κ2) is 12.3. The van der Waals surface area contributed by atoms with Gasteiger partial charge >= 0.3 is 6.18 Å². The van der Waals surface area contributed by atoms with Crippen LogP contribution in [0.3, 0.4) is 0 Å². The van der Waals surface area contributed by atoms with Crippen LogP contribution in [-0.4, -0.2) is 56.8 Å². The van der Waals surface area contributed by atoms with Gasteiger partial charge in [-0.25, -0.2) is 13.8 Å². The van der Waals surface area contributed by atoms with Crippen LogP contribution in [-0.2, 0) is 15.7 Å². The molecule has 3 aromatic rings. The number of benzene rings is 2. The van der Waals surface area contributed by atoms with Gasteiger partial charge in [0.2, 0.25) is 0 Å². The number of anilines is 2. The molecule has 2 heterocycles. The number of carbonyl (C=O) groups is 2. The van der Waals surface area contributed by atoms with Gasteiger partial charge in [-0.05, 0) is 30.3 Å². The van der Waals surface area contributed by atoms with Gasteiger partial charge < -0.3 is 20.1 Å². The van der Waals surface area contributed by atoms with Crippen LogP contribution in [0.25, 0.3) is 0 Å². The Kier molecular flexibility index (Phi) is 8.98. The van der Waals surface area contributed by atoms with Gasteiger partial charge in [-0.2, -0.15) is 13.2 Å². The highest BCUT2D eigenvalue weighted by molar-refractivity contribution is 6.30. The highest BCUT2D eigenvalue weighted by atomic mass is 35.5. The van der Waals surface area contributed by atoms with Crippen molar-refractivity contribution in [3.05, 3.63) is 82.0 Å². The Morgan fingerprint density at radius 1 is 1.12 bits per heavy atom. The maximum Gasteiger partial charge on any atom is 0.421 e. The molecular formula is C27H24ClF5N4O4. The number of aromatic nitrogens is 1. The lowest BCUT2D eigenvalue weighted by Gasteiger charge is -2.23. The summed E-state index contributed by atoms with van der Waals surface area (Å²) in [7, 11) is 2.57. The second-order valence-electron chi connectivity index (χ2n) is 8.99. The van der Waals surface area contributed by atoms with Crippen LogP contribution in [0, 0.1) is 11.6 Å². The van der Waals surface area contributed by atoms with Crippen molar-refractivity contribution in [3.8, 4) is 5.75 Å². The standard InChI is InChI=1S/C27H24ClF5N4O4/c1-40-10-9-34-20-7-8-35-24(22(20)27(31,32)33)37-13-17(21-18(29)11-16(41-2)12-19(21)30)23(26(37)39)36-25(38)14-3-5-15(28)6-4-14/h3-8,11-12,17,23H,9-10,13H2,1-2H3,(H,34,35)(H,36,38)/t17-,23-/m0/s1. The maximum atomic E-state index is 15.2. The van der Waals surface area contributed by atoms with E-state index in [9.17, 15) is 22.8 Å². The first kappa shape index (κ1) is 30.0. The summed E-state index contributed by atoms with van der Waals surface area (Å²) in [6.07, 6.45) is -3.91. The molecule has 14 heteroatoms. The zero-order chi connectivity index (χ0) is 29.9. The fourth-order valence-electron chi connectivity index (χ4n) is 4.57. The second-order valence-corrected chi connectivity index (χ2v) is 9.43. The molecule has 2 N–H and O–H groups in total. The zero-order valence-electron chi connectivity index (χ0n) is 21.7. The fraction of sp³-hybridized carbons (Fsp3) is 0.296. The Morgan fingerprint density at radius 2 is 1.78 bits per heavy atom. The highest BCUT2D eigenvalue weighted by Crippen LogP contribution is 2.43. The molecule has 2 aromatic carbocycles. The molecular weight excluding hydrogens is 575 g/mol. The minimum Gasteiger partial charge on any atom is -0.497 e. The Hall–Kier alpha value is -3.97. The number of nitrogens with zero attached hydrogens (tertiary/aromatic N) is 2. The van der Waals surface area contributed by atoms with E-state index in [1.165, 1.54) is 38.5 Å². The first-order chi connectivity index (χ1) is 19.5. The largest absolute Gasteiger partial charge is 0.497 e. The third-order valence-corrected chi connectivity index (χ3v) is 6.71. The third kappa shape index (κ3) is 6.35. The lowest BCUT2D eigenvalue weighted by Crippen LogP contribution is -2.44. The molecule has 1 fully saturated rings. The van der Waals surface area contributed by atoms with Crippen LogP contribution < -0.4 is 20.3 Å². The van der Waals surface area contributed by atoms with Gasteiger partial charge in [-0.3, -0.25) is 14.5 Å². The average Bonchev–Trinajstić information content (AvgIpc) is 3.23. The summed E-state index contributed by atoms with van der Waals surface area (Å²) in [6, 6.07) is 6.74. The average molecular weight is 599 g/mol. The lowest BCUT2D eigenvalue weighted by atomic mass is 9.92. The minimum absolute atomic E-state index is 0.0155. The number of alkyl halides is 3. The molecule has 41 heavy (non-hydrogen) atoms. The number of nitrogens with one attached hydrogen (secondary N) is 2. The topological polar surface area (TPSA) is 92.8 Å². The lowest BCUT2D eigenvalue weighted by molar-refractivity contribution is -0.136. The van der Waals surface area contributed by atoms with Gasteiger partial charge in [0, 0.05) is 60.6 Å². The molecule has 1 aromatic heterocycles. The van der Waals surface area contributed by atoms with Gasteiger partial charge in [-0.15, -0.1) is 0 Å². The molecule has 8 nitrogen and oxygen atoms in total. The van der Waals surface area contributed by atoms with E-state index in [0.717, 1.165) is 24.4 Å². The van der Waals surface area contributed by atoms with Gasteiger partial charge in [0.25, 0.3) is 11.8 Å². The van der Waals surface area contributed by atoms with Crippen molar-refractivity contribution >= 4 is 34.9 Å². The van der Waals surface area contributed by atoms with Crippen LogP contribution >= 0.6 is 11.6 Å². The van der Waals surface area contributed by atoms with Crippen LogP contribution in [0.2, 0.25) is 5.02 Å². The molecule has 1 saturated heterocycles. The number of methoxy groups -OCH3 is 2. The summed E-state index contributed by atoms with van der Waals surface area (Å²) < 4.78 is 83.1. The molecule has 0 spiro atoms. The molecule has 0 saturated carbocycles. The monoisotopic (exact) mass is 598 g/mol. The number of ether oxygens (including phenoxy) is 2. The number of pyridine rings is 1. The number of hydrogen-bond acceptors (Lipinski definition) is 6. The van der Waals surface area contributed by atoms with E-state index in [1.807, 2.05) is 0 Å². The van der Waals surface area contributed by atoms with Crippen LogP contribution in [0.4, 0.5) is 33.5 Å². The van der Waals surface area contributed by atoms with E-state index in [-0.39, 0.29) is 30.2 Å². The smallest absolute Gasteiger partial charge is 0.421 e. The molecule has 0 aliphatic carbocycles. The van der Waals surface area contributed by atoms with Crippen LogP contribution in [0.15, 0.2) is 48.7 Å². The van der Waals surface area contributed by atoms with Gasteiger partial charge in [0.15, 0.2) is 0 Å². The molecule has 0 radical (unpaired) electrons. The van der Waals surface area contributed by atoms with E-state index in [2.05, 4.69) is 15.6 Å². The molecule has 2 atom stereocenters. The van der Waals surface area contributed by atoms with Crippen molar-refractivity contribution in [1.82, 2.24) is 10.3 Å². The van der Waals surface area contributed by atoms with E-state index in [0.29, 0.717) is 9.92 Å². The summed E-state index contributed by atoms with van der Waals surface area (Å²) in [5.41, 5.74) is -2.18. The molecule has 1 aliphatic heterocycles. The summed E-state index contributed by atoms with van der Waals surface area (Å²) in [6.45, 7) is -0.516. The van der Waals surface area contributed by atoms with Crippen molar-refractivity contribution in [3.63, 3.8) is 0 Å². The number of hydrogen-bond donors (Lipinski definition) is 2. The number of amides is 2. The van der Waals surface area contributed by atoms with E-state index >= 15 is 8.78 Å². The van der Waals surface area contributed by atoms with Gasteiger partial charge in [0.1, 0.15) is 34.8 Å². The molecule has 0 bridgehead atoms. The zero-order valence-corrected chi connectivity index (χ0v) is 22.4. The molecule has 4 rings (SSSR count). The van der Waals surface area contributed by atoms with Crippen molar-refractivity contribution in [2.75, 3.05) is 44.1 Å². The summed E-state index contributed by atoms with van der Waals surface area (Å²) in [4.78, 5) is 31.2. The van der Waals surface area contributed by atoms with Crippen molar-refractivity contribution < 1.29 is 41.0 Å². The number of rotatable bonds is 9.